The highest BCUT2D eigenvalue weighted by Crippen LogP contribution is 2.32. The lowest BCUT2D eigenvalue weighted by Gasteiger charge is -2.03. The maximum absolute atomic E-state index is 12.8. The van der Waals surface area contributed by atoms with Crippen molar-refractivity contribution in [2.45, 2.75) is 26.8 Å². The summed E-state index contributed by atoms with van der Waals surface area (Å²) in [5.41, 5.74) is 3.44. The maximum atomic E-state index is 12.8. The van der Waals surface area contributed by atoms with E-state index in [1.807, 2.05) is 23.6 Å². The van der Waals surface area contributed by atoms with E-state index >= 15 is 0 Å². The third-order valence-electron chi connectivity index (χ3n) is 4.39. The number of rotatable bonds is 1. The zero-order chi connectivity index (χ0) is 16.1. The van der Waals surface area contributed by atoms with Gasteiger partial charge >= 0.3 is 0 Å². The molecule has 2 aromatic heterocycles. The molecule has 0 amide bonds. The van der Waals surface area contributed by atoms with Gasteiger partial charge in [-0.3, -0.25) is 9.36 Å². The van der Waals surface area contributed by atoms with Crippen LogP contribution in [-0.2, 0) is 6.54 Å². The quantitative estimate of drug-likeness (QED) is 0.602. The summed E-state index contributed by atoms with van der Waals surface area (Å²) >= 11 is 5.06. The smallest absolute Gasteiger partial charge is 0.262 e. The second kappa shape index (κ2) is 5.42. The van der Waals surface area contributed by atoms with Gasteiger partial charge in [0.25, 0.3) is 5.56 Å². The molecule has 0 fully saturated rings. The monoisotopic (exact) mass is 386 g/mol. The second-order valence-corrected chi connectivity index (χ2v) is 7.95. The Bertz CT molecular complexity index is 1010. The fourth-order valence-electron chi connectivity index (χ4n) is 3.02. The van der Waals surface area contributed by atoms with Gasteiger partial charge in [0.1, 0.15) is 10.7 Å². The number of allylic oxidation sites excluding steroid dienone is 1. The molecule has 0 aliphatic carbocycles. The molecule has 0 saturated heterocycles. The minimum absolute atomic E-state index is 0.103. The van der Waals surface area contributed by atoms with E-state index in [-0.39, 0.29) is 5.56 Å². The van der Waals surface area contributed by atoms with Crippen molar-refractivity contribution in [3.8, 4) is 0 Å². The number of fused-ring (bicyclic) bond motifs is 2. The lowest BCUT2D eigenvalue weighted by Crippen LogP contribution is -2.20. The number of benzene rings is 1. The molecule has 0 spiro atoms. The normalized spacial score (nSPS) is 15.5. The molecule has 0 N–H and O–H groups in total. The molecule has 1 aliphatic heterocycles. The number of aromatic nitrogens is 2. The van der Waals surface area contributed by atoms with Crippen molar-refractivity contribution in [2.24, 2.45) is 0 Å². The molecular formula is C18H15BrN2OS. The zero-order valence-corrected chi connectivity index (χ0v) is 15.3. The van der Waals surface area contributed by atoms with Crippen LogP contribution in [0.15, 0.2) is 33.5 Å². The Morgan fingerprint density at radius 2 is 2.00 bits per heavy atom. The van der Waals surface area contributed by atoms with Crippen molar-refractivity contribution >= 4 is 49.1 Å². The van der Waals surface area contributed by atoms with E-state index in [9.17, 15) is 4.79 Å². The molecule has 0 radical (unpaired) electrons. The minimum atomic E-state index is 0.103. The first-order chi connectivity index (χ1) is 11.0. The summed E-state index contributed by atoms with van der Waals surface area (Å²) in [6.45, 7) is 4.78. The van der Waals surface area contributed by atoms with Crippen LogP contribution in [0.25, 0.3) is 21.9 Å². The number of halogens is 1. The number of nitrogens with zero attached hydrogens (tertiary/aromatic N) is 2. The molecule has 3 nitrogen and oxygen atoms in total. The topological polar surface area (TPSA) is 34.9 Å². The van der Waals surface area contributed by atoms with Gasteiger partial charge < -0.3 is 0 Å². The lowest BCUT2D eigenvalue weighted by molar-refractivity contribution is 0.726. The summed E-state index contributed by atoms with van der Waals surface area (Å²) in [5, 5.41) is 0.793. The number of hydrogen-bond donors (Lipinski definition) is 0. The van der Waals surface area contributed by atoms with E-state index < -0.39 is 0 Å². The molecule has 3 aromatic rings. The van der Waals surface area contributed by atoms with Gasteiger partial charge in [0.05, 0.1) is 5.39 Å². The van der Waals surface area contributed by atoms with Crippen LogP contribution in [0.5, 0.6) is 0 Å². The average molecular weight is 387 g/mol. The molecule has 3 heterocycles. The molecule has 5 heteroatoms. The van der Waals surface area contributed by atoms with Crippen molar-refractivity contribution in [2.75, 3.05) is 0 Å². The van der Waals surface area contributed by atoms with Crippen LogP contribution in [0.2, 0.25) is 0 Å². The summed E-state index contributed by atoms with van der Waals surface area (Å²) in [7, 11) is 0. The number of thiophene rings is 1. The Morgan fingerprint density at radius 1 is 1.26 bits per heavy atom. The molecular weight excluding hydrogens is 372 g/mol. The predicted octanol–water partition coefficient (Wildman–Crippen LogP) is 4.78. The van der Waals surface area contributed by atoms with Crippen molar-refractivity contribution in [1.82, 2.24) is 9.55 Å². The van der Waals surface area contributed by atoms with Gasteiger partial charge in [0, 0.05) is 15.9 Å². The van der Waals surface area contributed by atoms with E-state index in [2.05, 4.69) is 41.1 Å². The first-order valence-corrected chi connectivity index (χ1v) is 9.12. The molecule has 0 bridgehead atoms. The van der Waals surface area contributed by atoms with Gasteiger partial charge in [-0.25, -0.2) is 4.98 Å². The van der Waals surface area contributed by atoms with Gasteiger partial charge in [0.15, 0.2) is 0 Å². The SMILES string of the molecule is Cc1sc2nc3n(c(=O)c2c1C)CCC3=Cc1ccc(Br)cc1. The Kier molecular flexibility index (Phi) is 3.50. The van der Waals surface area contributed by atoms with Crippen molar-refractivity contribution < 1.29 is 0 Å². The summed E-state index contributed by atoms with van der Waals surface area (Å²) in [4.78, 5) is 19.6. The Balaban J connectivity index is 1.90. The van der Waals surface area contributed by atoms with Crippen LogP contribution in [0.4, 0.5) is 0 Å². The van der Waals surface area contributed by atoms with Crippen LogP contribution in [-0.4, -0.2) is 9.55 Å². The Hall–Kier alpha value is -1.72. The van der Waals surface area contributed by atoms with Gasteiger partial charge in [0.2, 0.25) is 0 Å². The lowest BCUT2D eigenvalue weighted by atomic mass is 10.1. The van der Waals surface area contributed by atoms with Crippen LogP contribution >= 0.6 is 27.3 Å². The molecule has 0 unspecified atom stereocenters. The van der Waals surface area contributed by atoms with Gasteiger partial charge in [-0.15, -0.1) is 11.3 Å². The summed E-state index contributed by atoms with van der Waals surface area (Å²) in [6, 6.07) is 8.18. The average Bonchev–Trinajstić information content (AvgIpc) is 3.05. The molecule has 116 valence electrons. The molecule has 1 aliphatic rings. The highest BCUT2D eigenvalue weighted by atomic mass is 79.9. The molecule has 0 atom stereocenters. The van der Waals surface area contributed by atoms with Crippen LogP contribution in [0, 0.1) is 13.8 Å². The third kappa shape index (κ3) is 2.39. The fraction of sp³-hybridized carbons (Fsp3) is 0.222. The van der Waals surface area contributed by atoms with Crippen LogP contribution in [0.1, 0.15) is 28.2 Å². The van der Waals surface area contributed by atoms with E-state index in [4.69, 9.17) is 4.98 Å². The van der Waals surface area contributed by atoms with Crippen molar-refractivity contribution in [1.29, 1.82) is 0 Å². The number of aryl methyl sites for hydroxylation is 2. The van der Waals surface area contributed by atoms with Crippen molar-refractivity contribution in [3.05, 3.63) is 60.9 Å². The fourth-order valence-corrected chi connectivity index (χ4v) is 4.30. The third-order valence-corrected chi connectivity index (χ3v) is 6.02. The van der Waals surface area contributed by atoms with Gasteiger partial charge in [-0.1, -0.05) is 28.1 Å². The highest BCUT2D eigenvalue weighted by molar-refractivity contribution is 9.10. The maximum Gasteiger partial charge on any atom is 0.262 e. The van der Waals surface area contributed by atoms with E-state index in [1.165, 1.54) is 4.88 Å². The van der Waals surface area contributed by atoms with E-state index in [0.717, 1.165) is 43.6 Å². The van der Waals surface area contributed by atoms with Gasteiger partial charge in [-0.2, -0.15) is 0 Å². The summed E-state index contributed by atoms with van der Waals surface area (Å²) in [5.74, 6) is 0.826. The second-order valence-electron chi connectivity index (χ2n) is 5.83. The molecule has 0 saturated carbocycles. The first-order valence-electron chi connectivity index (χ1n) is 7.51. The first kappa shape index (κ1) is 14.8. The number of hydrogen-bond acceptors (Lipinski definition) is 3. The molecule has 1 aromatic carbocycles. The van der Waals surface area contributed by atoms with Gasteiger partial charge in [-0.05, 0) is 55.2 Å². The minimum Gasteiger partial charge on any atom is -0.292 e. The molecule has 4 rings (SSSR count). The van der Waals surface area contributed by atoms with Crippen LogP contribution < -0.4 is 5.56 Å². The summed E-state index contributed by atoms with van der Waals surface area (Å²) < 4.78 is 2.89. The largest absolute Gasteiger partial charge is 0.292 e. The van der Waals surface area contributed by atoms with E-state index in [0.29, 0.717) is 6.54 Å². The highest BCUT2D eigenvalue weighted by Gasteiger charge is 2.23. The predicted molar refractivity (Wildman–Crippen MR) is 100.0 cm³/mol. The van der Waals surface area contributed by atoms with E-state index in [1.54, 1.807) is 11.3 Å². The van der Waals surface area contributed by atoms with Crippen LogP contribution in [0.3, 0.4) is 0 Å². The standard InChI is InChI=1S/C18H15BrN2OS/c1-10-11(2)23-17-15(10)18(22)21-8-7-13(16(21)20-17)9-12-3-5-14(19)6-4-12/h3-6,9H,7-8H2,1-2H3. The molecule has 23 heavy (non-hydrogen) atoms. The summed E-state index contributed by atoms with van der Waals surface area (Å²) in [6.07, 6.45) is 2.99. The Morgan fingerprint density at radius 3 is 2.74 bits per heavy atom. The Labute approximate surface area is 146 Å². The zero-order valence-electron chi connectivity index (χ0n) is 12.9. The van der Waals surface area contributed by atoms with Crippen molar-refractivity contribution in [3.63, 3.8) is 0 Å².